The number of fused-ring (bicyclic) bond motifs is 1. The van der Waals surface area contributed by atoms with Crippen LogP contribution in [0.5, 0.6) is 0 Å². The molecule has 5 rings (SSSR count). The molecule has 20 nitrogen and oxygen atoms in total. The Bertz CT molecular complexity index is 2400. The molecule has 15 N–H and O–H groups in total. The number of aromatic nitrogens is 1. The molecule has 20 heteroatoms. The third-order valence-electron chi connectivity index (χ3n) is 12.1. The standard InChI is InChI=1S/C51H68N10O10/c1-30(63)43(29-62)60-47(67)39-22-12-11-21-38(55-45(65)36(53)25-32-15-5-3-6-16-32)46(66)58-41(26-33-17-7-4-8-18-33)49(69)59-42(28-35-27-34-19-9-10-20-37(34)54-35)50(70)56-40(23-13-14-24-52)48(68)61-44(31(2)64)51(71)57-39/h3-12,15-20,27,30-31,36,38-44,54,62-64H,13-14,21-26,28-29,52-53H2,1-2H3,(H,55,65)(H,56,70)(H,57,71)(H,58,66)(H,59,69)(H,60,67)(H,61,68)/b12-11-/t30-,31-,36-,38+,39+,40+,41+,42-,43-,44+/m1/s1. The zero-order valence-electron chi connectivity index (χ0n) is 40.0. The van der Waals surface area contributed by atoms with E-state index in [1.54, 1.807) is 54.6 Å². The number of carbonyl (C=O) groups excluding carboxylic acids is 7. The second kappa shape index (κ2) is 27.4. The number of aromatic amines is 1. The summed E-state index contributed by atoms with van der Waals surface area (Å²) in [5, 5.41) is 50.4. The molecule has 4 aromatic rings. The molecule has 7 amide bonds. The lowest BCUT2D eigenvalue weighted by atomic mass is 10.0. The quantitative estimate of drug-likeness (QED) is 0.0455. The van der Waals surface area contributed by atoms with E-state index in [0.717, 1.165) is 16.5 Å². The third-order valence-corrected chi connectivity index (χ3v) is 12.1. The molecule has 71 heavy (non-hydrogen) atoms. The Morgan fingerprint density at radius 2 is 1.30 bits per heavy atom. The Balaban J connectivity index is 1.58. The average Bonchev–Trinajstić information content (AvgIpc) is 3.77. The second-order valence-electron chi connectivity index (χ2n) is 17.9. The molecule has 0 radical (unpaired) electrons. The number of amides is 7. The number of H-pyrrole nitrogens is 1. The summed E-state index contributed by atoms with van der Waals surface area (Å²) in [6, 6.07) is 16.3. The van der Waals surface area contributed by atoms with Crippen molar-refractivity contribution in [3.05, 3.63) is 120 Å². The number of carbonyl (C=O) groups is 7. The van der Waals surface area contributed by atoms with Crippen molar-refractivity contribution in [2.24, 2.45) is 11.5 Å². The lowest BCUT2D eigenvalue weighted by Gasteiger charge is -2.29. The van der Waals surface area contributed by atoms with Gasteiger partial charge >= 0.3 is 0 Å². The van der Waals surface area contributed by atoms with Gasteiger partial charge < -0.3 is 69.0 Å². The first kappa shape index (κ1) is 55.0. The fourth-order valence-corrected chi connectivity index (χ4v) is 8.00. The maximum absolute atomic E-state index is 14.7. The van der Waals surface area contributed by atoms with Gasteiger partial charge in [0, 0.05) is 24.1 Å². The van der Waals surface area contributed by atoms with Crippen LogP contribution in [0, 0.1) is 0 Å². The normalized spacial score (nSPS) is 23.1. The van der Waals surface area contributed by atoms with Crippen LogP contribution in [0.15, 0.2) is 103 Å². The highest BCUT2D eigenvalue weighted by Crippen LogP contribution is 2.17. The molecular weight excluding hydrogens is 913 g/mol. The van der Waals surface area contributed by atoms with Crippen LogP contribution in [0.4, 0.5) is 0 Å². The van der Waals surface area contributed by atoms with Crippen LogP contribution in [0.1, 0.15) is 62.8 Å². The van der Waals surface area contributed by atoms with Gasteiger partial charge in [0.2, 0.25) is 41.4 Å². The van der Waals surface area contributed by atoms with E-state index in [-0.39, 0.29) is 45.1 Å². The van der Waals surface area contributed by atoms with E-state index in [0.29, 0.717) is 24.1 Å². The van der Waals surface area contributed by atoms with Gasteiger partial charge in [-0.3, -0.25) is 33.6 Å². The first-order chi connectivity index (χ1) is 34.1. The van der Waals surface area contributed by atoms with E-state index in [4.69, 9.17) is 11.5 Å². The van der Waals surface area contributed by atoms with Crippen LogP contribution in [0.3, 0.4) is 0 Å². The number of nitrogens with two attached hydrogens (primary N) is 2. The number of unbranched alkanes of at least 4 members (excludes halogenated alkanes) is 1. The first-order valence-corrected chi connectivity index (χ1v) is 23.9. The highest BCUT2D eigenvalue weighted by molar-refractivity contribution is 5.98. The lowest BCUT2D eigenvalue weighted by Crippen LogP contribution is -2.62. The van der Waals surface area contributed by atoms with Crippen molar-refractivity contribution in [1.82, 2.24) is 42.2 Å². The Morgan fingerprint density at radius 1 is 0.704 bits per heavy atom. The second-order valence-corrected chi connectivity index (χ2v) is 17.9. The number of hydrogen-bond donors (Lipinski definition) is 13. The molecule has 1 aromatic heterocycles. The molecule has 3 aromatic carbocycles. The van der Waals surface area contributed by atoms with Crippen molar-refractivity contribution < 1.29 is 48.9 Å². The molecule has 382 valence electrons. The van der Waals surface area contributed by atoms with Crippen molar-refractivity contribution in [3.63, 3.8) is 0 Å². The number of hydrogen-bond acceptors (Lipinski definition) is 12. The maximum atomic E-state index is 14.7. The Kier molecular flexibility index (Phi) is 21.2. The van der Waals surface area contributed by atoms with Crippen molar-refractivity contribution in [3.8, 4) is 0 Å². The van der Waals surface area contributed by atoms with Gasteiger partial charge in [0.25, 0.3) is 0 Å². The summed E-state index contributed by atoms with van der Waals surface area (Å²) >= 11 is 0. The number of aliphatic hydroxyl groups excluding tert-OH is 3. The van der Waals surface area contributed by atoms with Crippen LogP contribution in [-0.4, -0.2) is 135 Å². The Labute approximate surface area is 412 Å². The summed E-state index contributed by atoms with van der Waals surface area (Å²) in [6.07, 6.45) is 0.534. The highest BCUT2D eigenvalue weighted by Gasteiger charge is 2.36. The fraction of sp³-hybridized carbons (Fsp3) is 0.431. The molecule has 1 aliphatic heterocycles. The van der Waals surface area contributed by atoms with Crippen LogP contribution < -0.4 is 48.7 Å². The van der Waals surface area contributed by atoms with Crippen molar-refractivity contribution >= 4 is 52.3 Å². The van der Waals surface area contributed by atoms with Crippen molar-refractivity contribution in [1.29, 1.82) is 0 Å². The number of nitrogens with one attached hydrogen (secondary N) is 8. The predicted octanol–water partition coefficient (Wildman–Crippen LogP) is -0.850. The molecule has 0 spiro atoms. The smallest absolute Gasteiger partial charge is 0.245 e. The topological polar surface area (TPSA) is 332 Å². The number of para-hydroxylation sites is 1. The first-order valence-electron chi connectivity index (χ1n) is 23.9. The van der Waals surface area contributed by atoms with Gasteiger partial charge in [-0.2, -0.15) is 0 Å². The van der Waals surface area contributed by atoms with E-state index in [2.05, 4.69) is 42.2 Å². The van der Waals surface area contributed by atoms with Crippen LogP contribution >= 0.6 is 0 Å². The summed E-state index contributed by atoms with van der Waals surface area (Å²) < 4.78 is 0. The Morgan fingerprint density at radius 3 is 1.93 bits per heavy atom. The molecule has 0 bridgehead atoms. The summed E-state index contributed by atoms with van der Waals surface area (Å²) in [4.78, 5) is 103. The van der Waals surface area contributed by atoms with Gasteiger partial charge in [0.15, 0.2) is 0 Å². The zero-order chi connectivity index (χ0) is 51.5. The monoisotopic (exact) mass is 981 g/mol. The van der Waals surface area contributed by atoms with Crippen LogP contribution in [-0.2, 0) is 52.8 Å². The maximum Gasteiger partial charge on any atom is 0.245 e. The predicted molar refractivity (Wildman–Crippen MR) is 266 cm³/mol. The Hall–Kier alpha value is -6.97. The summed E-state index contributed by atoms with van der Waals surface area (Å²) in [7, 11) is 0. The average molecular weight is 981 g/mol. The zero-order valence-corrected chi connectivity index (χ0v) is 40.0. The fourth-order valence-electron chi connectivity index (χ4n) is 8.00. The van der Waals surface area contributed by atoms with E-state index in [1.165, 1.54) is 26.0 Å². The van der Waals surface area contributed by atoms with Gasteiger partial charge in [0.1, 0.15) is 36.3 Å². The summed E-state index contributed by atoms with van der Waals surface area (Å²) in [6.45, 7) is 2.21. The molecule has 0 aliphatic carbocycles. The van der Waals surface area contributed by atoms with Gasteiger partial charge in [0.05, 0.1) is 30.9 Å². The van der Waals surface area contributed by atoms with Gasteiger partial charge in [-0.15, -0.1) is 0 Å². The van der Waals surface area contributed by atoms with Crippen molar-refractivity contribution in [2.75, 3.05) is 13.2 Å². The van der Waals surface area contributed by atoms with E-state index < -0.39 is 108 Å². The molecular formula is C51H68N10O10. The van der Waals surface area contributed by atoms with E-state index >= 15 is 0 Å². The van der Waals surface area contributed by atoms with E-state index in [1.807, 2.05) is 36.4 Å². The molecule has 1 aliphatic rings. The molecule has 0 saturated heterocycles. The molecule has 10 atom stereocenters. The highest BCUT2D eigenvalue weighted by atomic mass is 16.3. The SMILES string of the molecule is C[C@@H](O)[C@@H]1NC(=O)[C@H](CCCCN)NC(=O)[C@@H](Cc2cc3ccccc3[nH]2)NC(=O)[C@H](Cc2ccccc2)NC(=O)[C@@H](NC(=O)[C@H](N)Cc2ccccc2)C/C=C\C[C@@H](C(=O)N[C@H](CO)[C@@H](C)O)NC1=O. The largest absolute Gasteiger partial charge is 0.394 e. The number of aliphatic hydroxyl groups is 3. The molecule has 0 saturated carbocycles. The summed E-state index contributed by atoms with van der Waals surface area (Å²) in [5.41, 5.74) is 14.9. The van der Waals surface area contributed by atoms with Crippen LogP contribution in [0.2, 0.25) is 0 Å². The summed E-state index contributed by atoms with van der Waals surface area (Å²) in [5.74, 6) is -5.74. The number of benzene rings is 3. The number of rotatable bonds is 17. The lowest BCUT2D eigenvalue weighted by molar-refractivity contribution is -0.137. The minimum atomic E-state index is -1.67. The van der Waals surface area contributed by atoms with Gasteiger partial charge in [-0.25, -0.2) is 0 Å². The molecule has 0 unspecified atom stereocenters. The van der Waals surface area contributed by atoms with Crippen molar-refractivity contribution in [2.45, 2.75) is 126 Å². The molecule has 2 heterocycles. The molecule has 0 fully saturated rings. The minimum absolute atomic E-state index is 0.0303. The van der Waals surface area contributed by atoms with Gasteiger partial charge in [-0.05, 0) is 87.6 Å². The van der Waals surface area contributed by atoms with Crippen LogP contribution in [0.25, 0.3) is 10.9 Å². The third kappa shape index (κ3) is 16.9. The van der Waals surface area contributed by atoms with E-state index in [9.17, 15) is 48.9 Å². The van der Waals surface area contributed by atoms with Gasteiger partial charge in [-0.1, -0.05) is 91.0 Å². The minimum Gasteiger partial charge on any atom is -0.394 e.